The Bertz CT molecular complexity index is 185. The first-order valence-corrected chi connectivity index (χ1v) is 5.78. The number of hydrogen-bond acceptors (Lipinski definition) is 2. The molecule has 2 bridgehead atoms. The summed E-state index contributed by atoms with van der Waals surface area (Å²) < 4.78 is 19.6. The lowest BCUT2D eigenvalue weighted by molar-refractivity contribution is 0.0426. The second-order valence-corrected chi connectivity index (χ2v) is 4.99. The molecule has 0 radical (unpaired) electrons. The first kappa shape index (κ1) is 8.66. The van der Waals surface area contributed by atoms with Crippen LogP contribution in [0, 0.1) is 5.41 Å². The monoisotopic (exact) mass is 189 g/mol. The normalized spacial score (nSPS) is 42.9. The van der Waals surface area contributed by atoms with E-state index in [4.69, 9.17) is 4.55 Å². The Morgan fingerprint density at radius 3 is 2.17 bits per heavy atom. The quantitative estimate of drug-likeness (QED) is 0.650. The van der Waals surface area contributed by atoms with Crippen LogP contribution in [0.1, 0.15) is 19.3 Å². The zero-order chi connectivity index (χ0) is 8.60. The van der Waals surface area contributed by atoms with Crippen molar-refractivity contribution in [1.29, 1.82) is 0 Å². The van der Waals surface area contributed by atoms with E-state index in [1.54, 1.807) is 0 Å². The van der Waals surface area contributed by atoms with Crippen LogP contribution in [-0.2, 0) is 11.1 Å². The molecule has 3 aliphatic heterocycles. The fourth-order valence-electron chi connectivity index (χ4n) is 2.37. The molecule has 12 heavy (non-hydrogen) atoms. The molecule has 1 N–H and O–H groups in total. The molecule has 0 aromatic carbocycles. The van der Waals surface area contributed by atoms with E-state index in [0.717, 1.165) is 38.9 Å². The number of hydrogen-bond donors (Lipinski definition) is 1. The van der Waals surface area contributed by atoms with E-state index in [1.165, 1.54) is 0 Å². The van der Waals surface area contributed by atoms with Crippen LogP contribution >= 0.6 is 0 Å². The van der Waals surface area contributed by atoms with Crippen LogP contribution in [0.15, 0.2) is 0 Å². The molecule has 1 unspecified atom stereocenters. The fraction of sp³-hybridized carbons (Fsp3) is 1.00. The fourth-order valence-corrected chi connectivity index (χ4v) is 3.33. The average molecular weight is 189 g/mol. The van der Waals surface area contributed by atoms with Crippen molar-refractivity contribution in [3.05, 3.63) is 0 Å². The Labute approximate surface area is 75.4 Å². The van der Waals surface area contributed by atoms with Gasteiger partial charge in [0.05, 0.1) is 5.75 Å². The third-order valence-electron chi connectivity index (χ3n) is 3.30. The van der Waals surface area contributed by atoms with Gasteiger partial charge in [-0.3, -0.25) is 0 Å². The second-order valence-electron chi connectivity index (χ2n) is 4.06. The van der Waals surface area contributed by atoms with E-state index >= 15 is 0 Å². The van der Waals surface area contributed by atoms with Crippen LogP contribution in [-0.4, -0.2) is 39.0 Å². The predicted octanol–water partition coefficient (Wildman–Crippen LogP) is 0.694. The summed E-state index contributed by atoms with van der Waals surface area (Å²) in [6.45, 7) is 3.41. The Morgan fingerprint density at radius 2 is 1.75 bits per heavy atom. The highest BCUT2D eigenvalue weighted by Crippen LogP contribution is 2.40. The minimum absolute atomic E-state index is 0.217. The molecule has 0 saturated carbocycles. The van der Waals surface area contributed by atoms with E-state index in [9.17, 15) is 4.21 Å². The maximum Gasteiger partial charge on any atom is 0.153 e. The number of piperidine rings is 3. The molecular weight excluding hydrogens is 174 g/mol. The molecule has 3 saturated heterocycles. The molecule has 70 valence electrons. The Hall–Kier alpha value is 0.0700. The highest BCUT2D eigenvalue weighted by atomic mass is 32.2. The summed E-state index contributed by atoms with van der Waals surface area (Å²) in [6.07, 6.45) is 3.37. The second kappa shape index (κ2) is 3.09. The number of nitrogens with zero attached hydrogens (tertiary/aromatic N) is 1. The van der Waals surface area contributed by atoms with Gasteiger partial charge in [0.2, 0.25) is 0 Å². The van der Waals surface area contributed by atoms with Gasteiger partial charge in [-0.25, -0.2) is 4.21 Å². The van der Waals surface area contributed by atoms with Crippen molar-refractivity contribution < 1.29 is 8.76 Å². The van der Waals surface area contributed by atoms with Crippen molar-refractivity contribution >= 4 is 11.1 Å². The zero-order valence-corrected chi connectivity index (χ0v) is 7.98. The van der Waals surface area contributed by atoms with Gasteiger partial charge in [0, 0.05) is 0 Å². The molecule has 3 aliphatic rings. The number of rotatable bonds is 2. The zero-order valence-electron chi connectivity index (χ0n) is 7.16. The van der Waals surface area contributed by atoms with E-state index in [-0.39, 0.29) is 5.41 Å². The molecule has 3 nitrogen and oxygen atoms in total. The molecular formula is C8H15NO2S. The molecule has 1 atom stereocenters. The summed E-state index contributed by atoms with van der Waals surface area (Å²) in [4.78, 5) is 2.45. The van der Waals surface area contributed by atoms with E-state index < -0.39 is 11.1 Å². The maximum absolute atomic E-state index is 10.7. The Morgan fingerprint density at radius 1 is 1.25 bits per heavy atom. The molecule has 0 aromatic rings. The first-order chi connectivity index (χ1) is 5.70. The summed E-state index contributed by atoms with van der Waals surface area (Å²) in [6, 6.07) is 0. The van der Waals surface area contributed by atoms with Gasteiger partial charge in [-0.05, 0) is 44.3 Å². The van der Waals surface area contributed by atoms with Gasteiger partial charge in [0.25, 0.3) is 0 Å². The van der Waals surface area contributed by atoms with Crippen molar-refractivity contribution in [2.75, 3.05) is 25.4 Å². The third kappa shape index (κ3) is 1.56. The molecule has 0 amide bonds. The van der Waals surface area contributed by atoms with Crippen LogP contribution in [0.25, 0.3) is 0 Å². The molecule has 0 aliphatic carbocycles. The van der Waals surface area contributed by atoms with Crippen molar-refractivity contribution in [1.82, 2.24) is 4.90 Å². The summed E-state index contributed by atoms with van der Waals surface area (Å²) >= 11 is -1.60. The predicted molar refractivity (Wildman–Crippen MR) is 48.4 cm³/mol. The summed E-state index contributed by atoms with van der Waals surface area (Å²) in [7, 11) is 0. The average Bonchev–Trinajstić information content (AvgIpc) is 2.05. The topological polar surface area (TPSA) is 40.5 Å². The van der Waals surface area contributed by atoms with Gasteiger partial charge in [-0.15, -0.1) is 0 Å². The van der Waals surface area contributed by atoms with Gasteiger partial charge in [0.1, 0.15) is 0 Å². The standard InChI is InChI=1S/C8H15NO2S/c10-12(11)7-8-1-4-9(5-2-8)6-3-8/h1-7H2,(H,10,11). The van der Waals surface area contributed by atoms with Crippen molar-refractivity contribution in [2.24, 2.45) is 5.41 Å². The first-order valence-electron chi connectivity index (χ1n) is 4.50. The Balaban J connectivity index is 2.03. The summed E-state index contributed by atoms with van der Waals surface area (Å²) in [5.74, 6) is 0.501. The largest absolute Gasteiger partial charge is 0.306 e. The van der Waals surface area contributed by atoms with Crippen LogP contribution in [0.5, 0.6) is 0 Å². The van der Waals surface area contributed by atoms with Crippen LogP contribution in [0.3, 0.4) is 0 Å². The molecule has 0 aromatic heterocycles. The van der Waals surface area contributed by atoms with Gasteiger partial charge in [-0.2, -0.15) is 0 Å². The minimum atomic E-state index is -1.60. The van der Waals surface area contributed by atoms with E-state index in [2.05, 4.69) is 4.90 Å². The highest BCUT2D eigenvalue weighted by Gasteiger charge is 2.40. The van der Waals surface area contributed by atoms with Gasteiger partial charge >= 0.3 is 0 Å². The number of fused-ring (bicyclic) bond motifs is 3. The highest BCUT2D eigenvalue weighted by molar-refractivity contribution is 7.79. The van der Waals surface area contributed by atoms with Gasteiger partial charge in [0.15, 0.2) is 11.1 Å². The summed E-state index contributed by atoms with van der Waals surface area (Å²) in [5.41, 5.74) is 0.217. The van der Waals surface area contributed by atoms with Crippen LogP contribution in [0.2, 0.25) is 0 Å². The molecule has 3 rings (SSSR count). The molecule has 3 fully saturated rings. The van der Waals surface area contributed by atoms with Crippen molar-refractivity contribution in [3.8, 4) is 0 Å². The summed E-state index contributed by atoms with van der Waals surface area (Å²) in [5, 5.41) is 0. The maximum atomic E-state index is 10.7. The van der Waals surface area contributed by atoms with Crippen molar-refractivity contribution in [3.63, 3.8) is 0 Å². The lowest BCUT2D eigenvalue weighted by Crippen LogP contribution is -2.50. The van der Waals surface area contributed by atoms with Crippen LogP contribution < -0.4 is 0 Å². The third-order valence-corrected chi connectivity index (χ3v) is 4.16. The van der Waals surface area contributed by atoms with Gasteiger partial charge < -0.3 is 9.45 Å². The van der Waals surface area contributed by atoms with Crippen LogP contribution in [0.4, 0.5) is 0 Å². The molecule has 3 heterocycles. The van der Waals surface area contributed by atoms with E-state index in [1.807, 2.05) is 0 Å². The van der Waals surface area contributed by atoms with E-state index in [0.29, 0.717) is 5.75 Å². The smallest absolute Gasteiger partial charge is 0.153 e. The lowest BCUT2D eigenvalue weighted by atomic mass is 9.74. The SMILES string of the molecule is O=S(O)CC12CCN(CC1)CC2. The Kier molecular flexibility index (Phi) is 2.23. The van der Waals surface area contributed by atoms with Crippen molar-refractivity contribution in [2.45, 2.75) is 19.3 Å². The molecule has 4 heteroatoms. The lowest BCUT2D eigenvalue weighted by Gasteiger charge is -2.47. The molecule has 0 spiro atoms. The van der Waals surface area contributed by atoms with Gasteiger partial charge in [-0.1, -0.05) is 0 Å². The minimum Gasteiger partial charge on any atom is -0.306 e.